The molecule has 3 aromatic rings. The highest BCUT2D eigenvalue weighted by molar-refractivity contribution is 5.91. The first-order valence-electron chi connectivity index (χ1n) is 5.71. The molecule has 0 saturated carbocycles. The standard InChI is InChI=1S/C15H12O3/c1-9-4-3-5-12-14(9)15(16)11-7-6-10(17-2)8-13(11)18-12/h3-8H,1-2H3. The number of ether oxygens (including phenoxy) is 1. The molecule has 3 heteroatoms. The van der Waals surface area contributed by atoms with E-state index >= 15 is 0 Å². The maximum atomic E-state index is 12.4. The Labute approximate surface area is 104 Å². The van der Waals surface area contributed by atoms with E-state index in [-0.39, 0.29) is 5.43 Å². The smallest absolute Gasteiger partial charge is 0.200 e. The molecule has 0 amide bonds. The summed E-state index contributed by atoms with van der Waals surface area (Å²) in [4.78, 5) is 12.4. The summed E-state index contributed by atoms with van der Waals surface area (Å²) < 4.78 is 10.9. The molecule has 2 aromatic carbocycles. The van der Waals surface area contributed by atoms with Crippen LogP contribution in [0.3, 0.4) is 0 Å². The third-order valence-electron chi connectivity index (χ3n) is 3.11. The second-order valence-electron chi connectivity index (χ2n) is 4.24. The zero-order valence-corrected chi connectivity index (χ0v) is 10.2. The van der Waals surface area contributed by atoms with Crippen LogP contribution in [-0.2, 0) is 0 Å². The van der Waals surface area contributed by atoms with Crippen LogP contribution in [0.15, 0.2) is 45.6 Å². The Morgan fingerprint density at radius 2 is 1.94 bits per heavy atom. The summed E-state index contributed by atoms with van der Waals surface area (Å²) in [7, 11) is 1.59. The molecular formula is C15H12O3. The number of methoxy groups -OCH3 is 1. The van der Waals surface area contributed by atoms with Gasteiger partial charge in [-0.2, -0.15) is 0 Å². The Morgan fingerprint density at radius 3 is 2.72 bits per heavy atom. The van der Waals surface area contributed by atoms with E-state index in [2.05, 4.69) is 0 Å². The minimum Gasteiger partial charge on any atom is -0.497 e. The molecule has 0 aliphatic carbocycles. The summed E-state index contributed by atoms with van der Waals surface area (Å²) in [5, 5.41) is 1.23. The lowest BCUT2D eigenvalue weighted by Gasteiger charge is -2.05. The van der Waals surface area contributed by atoms with Crippen molar-refractivity contribution in [1.29, 1.82) is 0 Å². The van der Waals surface area contributed by atoms with Gasteiger partial charge in [0.1, 0.15) is 16.9 Å². The summed E-state index contributed by atoms with van der Waals surface area (Å²) in [6.45, 7) is 1.91. The van der Waals surface area contributed by atoms with Gasteiger partial charge in [-0.25, -0.2) is 0 Å². The van der Waals surface area contributed by atoms with Crippen LogP contribution in [0.1, 0.15) is 5.56 Å². The first kappa shape index (κ1) is 10.8. The quantitative estimate of drug-likeness (QED) is 0.613. The van der Waals surface area contributed by atoms with E-state index in [4.69, 9.17) is 9.15 Å². The van der Waals surface area contributed by atoms with Crippen molar-refractivity contribution in [2.75, 3.05) is 7.11 Å². The molecule has 0 unspecified atom stereocenters. The molecule has 0 radical (unpaired) electrons. The predicted octanol–water partition coefficient (Wildman–Crippen LogP) is 3.26. The number of fused-ring (bicyclic) bond motifs is 2. The third-order valence-corrected chi connectivity index (χ3v) is 3.11. The van der Waals surface area contributed by atoms with E-state index in [1.54, 1.807) is 25.3 Å². The van der Waals surface area contributed by atoms with Crippen molar-refractivity contribution in [2.24, 2.45) is 0 Å². The summed E-state index contributed by atoms with van der Waals surface area (Å²) in [5.74, 6) is 0.678. The number of rotatable bonds is 1. The fraction of sp³-hybridized carbons (Fsp3) is 0.133. The molecule has 0 aliphatic rings. The third kappa shape index (κ3) is 1.48. The van der Waals surface area contributed by atoms with Gasteiger partial charge in [-0.1, -0.05) is 12.1 Å². The van der Waals surface area contributed by atoms with E-state index in [0.29, 0.717) is 27.7 Å². The first-order valence-corrected chi connectivity index (χ1v) is 5.71. The minimum absolute atomic E-state index is 0.00648. The van der Waals surface area contributed by atoms with Gasteiger partial charge in [0.05, 0.1) is 17.9 Å². The number of hydrogen-bond donors (Lipinski definition) is 0. The fourth-order valence-electron chi connectivity index (χ4n) is 2.17. The largest absolute Gasteiger partial charge is 0.497 e. The van der Waals surface area contributed by atoms with Crippen molar-refractivity contribution in [2.45, 2.75) is 6.92 Å². The number of hydrogen-bond acceptors (Lipinski definition) is 3. The number of aryl methyl sites for hydroxylation is 1. The Balaban J connectivity index is 2.52. The molecule has 0 aliphatic heterocycles. The maximum absolute atomic E-state index is 12.4. The van der Waals surface area contributed by atoms with Crippen LogP contribution in [0.25, 0.3) is 21.9 Å². The van der Waals surface area contributed by atoms with Crippen LogP contribution in [0.5, 0.6) is 5.75 Å². The lowest BCUT2D eigenvalue weighted by Crippen LogP contribution is -2.03. The molecule has 0 saturated heterocycles. The molecule has 0 atom stereocenters. The Morgan fingerprint density at radius 1 is 1.11 bits per heavy atom. The Kier molecular flexibility index (Phi) is 2.33. The van der Waals surface area contributed by atoms with Crippen molar-refractivity contribution >= 4 is 21.9 Å². The predicted molar refractivity (Wildman–Crippen MR) is 71.3 cm³/mol. The highest BCUT2D eigenvalue weighted by atomic mass is 16.5. The molecule has 0 N–H and O–H groups in total. The van der Waals surface area contributed by atoms with E-state index in [1.165, 1.54) is 0 Å². The van der Waals surface area contributed by atoms with Gasteiger partial charge < -0.3 is 9.15 Å². The first-order chi connectivity index (χ1) is 8.70. The molecule has 90 valence electrons. The van der Waals surface area contributed by atoms with Gasteiger partial charge in [-0.05, 0) is 30.7 Å². The molecule has 1 heterocycles. The van der Waals surface area contributed by atoms with Crippen molar-refractivity contribution in [3.8, 4) is 5.75 Å². The van der Waals surface area contributed by atoms with Gasteiger partial charge in [0.15, 0.2) is 0 Å². The highest BCUT2D eigenvalue weighted by Gasteiger charge is 2.09. The molecule has 0 bridgehead atoms. The summed E-state index contributed by atoms with van der Waals surface area (Å²) >= 11 is 0. The summed E-state index contributed by atoms with van der Waals surface area (Å²) in [5.41, 5.74) is 2.10. The van der Waals surface area contributed by atoms with Gasteiger partial charge in [-0.15, -0.1) is 0 Å². The van der Waals surface area contributed by atoms with E-state index in [9.17, 15) is 4.79 Å². The number of benzene rings is 2. The fourth-order valence-corrected chi connectivity index (χ4v) is 2.17. The minimum atomic E-state index is 0.00648. The Hall–Kier alpha value is -2.29. The maximum Gasteiger partial charge on any atom is 0.200 e. The molecule has 3 rings (SSSR count). The second kappa shape index (κ2) is 3.88. The van der Waals surface area contributed by atoms with Gasteiger partial charge >= 0.3 is 0 Å². The molecule has 0 fully saturated rings. The molecule has 3 nitrogen and oxygen atoms in total. The van der Waals surface area contributed by atoms with Gasteiger partial charge in [0.2, 0.25) is 5.43 Å². The van der Waals surface area contributed by atoms with Crippen LogP contribution in [0.2, 0.25) is 0 Å². The van der Waals surface area contributed by atoms with E-state index in [1.807, 2.05) is 25.1 Å². The summed E-state index contributed by atoms with van der Waals surface area (Å²) in [6, 6.07) is 10.8. The zero-order chi connectivity index (χ0) is 12.7. The SMILES string of the molecule is COc1ccc2c(=O)c3c(C)cccc3oc2c1. The topological polar surface area (TPSA) is 39.4 Å². The van der Waals surface area contributed by atoms with Crippen LogP contribution in [0, 0.1) is 6.92 Å². The van der Waals surface area contributed by atoms with Crippen LogP contribution in [-0.4, -0.2) is 7.11 Å². The summed E-state index contributed by atoms with van der Waals surface area (Å²) in [6.07, 6.45) is 0. The lowest BCUT2D eigenvalue weighted by molar-refractivity contribution is 0.414. The molecule has 18 heavy (non-hydrogen) atoms. The monoisotopic (exact) mass is 240 g/mol. The zero-order valence-electron chi connectivity index (χ0n) is 10.2. The highest BCUT2D eigenvalue weighted by Crippen LogP contribution is 2.23. The van der Waals surface area contributed by atoms with Crippen LogP contribution >= 0.6 is 0 Å². The van der Waals surface area contributed by atoms with Crippen molar-refractivity contribution in [1.82, 2.24) is 0 Å². The average molecular weight is 240 g/mol. The van der Waals surface area contributed by atoms with Gasteiger partial charge in [0.25, 0.3) is 0 Å². The van der Waals surface area contributed by atoms with E-state index < -0.39 is 0 Å². The van der Waals surface area contributed by atoms with Crippen molar-refractivity contribution in [3.05, 3.63) is 52.2 Å². The van der Waals surface area contributed by atoms with Crippen molar-refractivity contribution < 1.29 is 9.15 Å². The molecule has 1 aromatic heterocycles. The van der Waals surface area contributed by atoms with Crippen LogP contribution in [0.4, 0.5) is 0 Å². The molecule has 0 spiro atoms. The van der Waals surface area contributed by atoms with Crippen molar-refractivity contribution in [3.63, 3.8) is 0 Å². The molecular weight excluding hydrogens is 228 g/mol. The van der Waals surface area contributed by atoms with Gasteiger partial charge in [-0.3, -0.25) is 4.79 Å². The average Bonchev–Trinajstić information content (AvgIpc) is 2.38. The van der Waals surface area contributed by atoms with Gasteiger partial charge in [0, 0.05) is 6.07 Å². The van der Waals surface area contributed by atoms with E-state index in [0.717, 1.165) is 5.56 Å². The second-order valence-corrected chi connectivity index (χ2v) is 4.24. The lowest BCUT2D eigenvalue weighted by atomic mass is 10.1. The normalized spacial score (nSPS) is 11.0. The van der Waals surface area contributed by atoms with Crippen LogP contribution < -0.4 is 10.2 Å². The Bertz CT molecular complexity index is 800.